The van der Waals surface area contributed by atoms with Crippen molar-refractivity contribution in [3.63, 3.8) is 0 Å². The highest BCUT2D eigenvalue weighted by Gasteiger charge is 2.28. The molecule has 0 saturated heterocycles. The Morgan fingerprint density at radius 3 is 2.31 bits per heavy atom. The maximum absolute atomic E-state index is 13.3. The van der Waals surface area contributed by atoms with E-state index in [-0.39, 0.29) is 11.8 Å². The highest BCUT2D eigenvalue weighted by atomic mass is 16.5. The van der Waals surface area contributed by atoms with Crippen LogP contribution in [0.15, 0.2) is 42.5 Å². The van der Waals surface area contributed by atoms with Crippen molar-refractivity contribution >= 4 is 11.8 Å². The summed E-state index contributed by atoms with van der Waals surface area (Å²) in [4.78, 5) is 27.5. The summed E-state index contributed by atoms with van der Waals surface area (Å²) in [6, 6.07) is 13.2. The quantitative estimate of drug-likeness (QED) is 0.535. The second-order valence-electron chi connectivity index (χ2n) is 7.63. The van der Waals surface area contributed by atoms with Crippen LogP contribution in [0.25, 0.3) is 0 Å². The first-order chi connectivity index (χ1) is 15.4. The van der Waals surface area contributed by atoms with E-state index in [1.165, 1.54) is 0 Å². The number of nitrogens with one attached hydrogen (secondary N) is 1. The minimum Gasteiger partial charge on any atom is -0.490 e. The van der Waals surface area contributed by atoms with Crippen LogP contribution in [0.5, 0.6) is 11.5 Å². The van der Waals surface area contributed by atoms with E-state index in [9.17, 15) is 9.59 Å². The summed E-state index contributed by atoms with van der Waals surface area (Å²) in [5.74, 6) is 1.20. The molecule has 0 saturated carbocycles. The average Bonchev–Trinajstić information content (AvgIpc) is 2.80. The summed E-state index contributed by atoms with van der Waals surface area (Å²) in [5, 5.41) is 2.70. The number of hydrogen-bond acceptors (Lipinski definition) is 4. The number of ether oxygens (including phenoxy) is 2. The van der Waals surface area contributed by atoms with Crippen molar-refractivity contribution in [1.82, 2.24) is 10.2 Å². The summed E-state index contributed by atoms with van der Waals surface area (Å²) in [5.41, 5.74) is 3.14. The molecule has 0 aromatic heterocycles. The van der Waals surface area contributed by atoms with Crippen molar-refractivity contribution in [2.24, 2.45) is 0 Å². The second-order valence-corrected chi connectivity index (χ2v) is 7.63. The third-order valence-corrected chi connectivity index (χ3v) is 5.47. The number of hydrogen-bond donors (Lipinski definition) is 1. The van der Waals surface area contributed by atoms with Gasteiger partial charge in [-0.15, -0.1) is 0 Å². The van der Waals surface area contributed by atoms with Gasteiger partial charge in [-0.2, -0.15) is 0 Å². The number of likely N-dealkylation sites (N-methyl/N-ethyl adjacent to an activating group) is 1. The van der Waals surface area contributed by atoms with Crippen molar-refractivity contribution in [3.05, 3.63) is 59.2 Å². The Morgan fingerprint density at radius 2 is 1.69 bits per heavy atom. The Balaban J connectivity index is 2.21. The lowest BCUT2D eigenvalue weighted by Crippen LogP contribution is -2.48. The van der Waals surface area contributed by atoms with Gasteiger partial charge in [-0.05, 0) is 62.4 Å². The van der Waals surface area contributed by atoms with Gasteiger partial charge in [0.25, 0.3) is 0 Å². The van der Waals surface area contributed by atoms with Crippen molar-refractivity contribution in [1.29, 1.82) is 0 Å². The van der Waals surface area contributed by atoms with E-state index in [0.717, 1.165) is 16.7 Å². The van der Waals surface area contributed by atoms with Gasteiger partial charge in [0, 0.05) is 20.0 Å². The molecule has 0 fully saturated rings. The van der Waals surface area contributed by atoms with E-state index < -0.39 is 6.04 Å². The molecule has 32 heavy (non-hydrogen) atoms. The summed E-state index contributed by atoms with van der Waals surface area (Å²) < 4.78 is 11.3. The third-order valence-electron chi connectivity index (χ3n) is 5.47. The molecule has 2 amide bonds. The van der Waals surface area contributed by atoms with Gasteiger partial charge in [0.2, 0.25) is 11.8 Å². The highest BCUT2D eigenvalue weighted by molar-refractivity contribution is 5.87. The first kappa shape index (κ1) is 25.2. The van der Waals surface area contributed by atoms with Gasteiger partial charge in [-0.1, -0.05) is 37.3 Å². The average molecular weight is 441 g/mol. The minimum absolute atomic E-state index is 0.0458. The topological polar surface area (TPSA) is 67.9 Å². The molecule has 1 atom stereocenters. The largest absolute Gasteiger partial charge is 0.490 e. The van der Waals surface area contributed by atoms with E-state index in [1.54, 1.807) is 11.9 Å². The Bertz CT molecular complexity index is 897. The molecule has 0 aliphatic heterocycles. The molecule has 1 N–H and O–H groups in total. The van der Waals surface area contributed by atoms with E-state index in [4.69, 9.17) is 9.47 Å². The van der Waals surface area contributed by atoms with E-state index in [0.29, 0.717) is 50.5 Å². The monoisotopic (exact) mass is 440 g/mol. The van der Waals surface area contributed by atoms with E-state index >= 15 is 0 Å². The van der Waals surface area contributed by atoms with Crippen LogP contribution in [0.2, 0.25) is 0 Å². The van der Waals surface area contributed by atoms with Gasteiger partial charge in [-0.3, -0.25) is 9.59 Å². The summed E-state index contributed by atoms with van der Waals surface area (Å²) >= 11 is 0. The molecule has 0 spiro atoms. The zero-order valence-corrected chi connectivity index (χ0v) is 19.9. The Kier molecular flexibility index (Phi) is 10.1. The number of aryl methyl sites for hydroxylation is 2. The van der Waals surface area contributed by atoms with Crippen molar-refractivity contribution in [2.45, 2.75) is 59.5 Å². The van der Waals surface area contributed by atoms with Crippen LogP contribution < -0.4 is 14.8 Å². The van der Waals surface area contributed by atoms with Gasteiger partial charge >= 0.3 is 0 Å². The fraction of sp³-hybridized carbons (Fsp3) is 0.462. The molecular weight excluding hydrogens is 404 g/mol. The number of rotatable bonds is 12. The van der Waals surface area contributed by atoms with Crippen molar-refractivity contribution in [3.8, 4) is 11.5 Å². The number of carbonyl (C=O) groups is 2. The molecule has 2 rings (SSSR count). The van der Waals surface area contributed by atoms with E-state index in [1.807, 2.05) is 70.2 Å². The van der Waals surface area contributed by atoms with Crippen LogP contribution >= 0.6 is 0 Å². The molecule has 0 radical (unpaired) electrons. The predicted octanol–water partition coefficient (Wildman–Crippen LogP) is 4.28. The van der Waals surface area contributed by atoms with Crippen LogP contribution in [0.3, 0.4) is 0 Å². The fourth-order valence-electron chi connectivity index (χ4n) is 3.70. The first-order valence-electron chi connectivity index (χ1n) is 11.4. The molecule has 1 unspecified atom stereocenters. The first-order valence-corrected chi connectivity index (χ1v) is 11.4. The summed E-state index contributed by atoms with van der Waals surface area (Å²) in [6.45, 7) is 9.32. The molecule has 2 aromatic carbocycles. The van der Waals surface area contributed by atoms with Crippen LogP contribution in [0, 0.1) is 6.92 Å². The van der Waals surface area contributed by atoms with Crippen LogP contribution in [-0.4, -0.2) is 43.0 Å². The van der Waals surface area contributed by atoms with Crippen LogP contribution in [0.1, 0.15) is 50.3 Å². The van der Waals surface area contributed by atoms with Gasteiger partial charge in [0.05, 0.1) is 13.2 Å². The predicted molar refractivity (Wildman–Crippen MR) is 127 cm³/mol. The highest BCUT2D eigenvalue weighted by Crippen LogP contribution is 2.29. The smallest absolute Gasteiger partial charge is 0.242 e. The normalized spacial score (nSPS) is 11.5. The SMILES string of the molecule is CCOc1ccc(CCC(=O)N(Cc2ccccc2C)C(CC)C(=O)NC)cc1OCC. The lowest BCUT2D eigenvalue weighted by Gasteiger charge is -2.31. The van der Waals surface area contributed by atoms with Crippen molar-refractivity contribution < 1.29 is 19.1 Å². The molecule has 0 aliphatic rings. The number of amides is 2. The van der Waals surface area contributed by atoms with Crippen LogP contribution in [0.4, 0.5) is 0 Å². The molecule has 0 aliphatic carbocycles. The second kappa shape index (κ2) is 12.7. The standard InChI is InChI=1S/C26H36N2O4/c1-6-22(26(30)27-5)28(18-21-12-10-9-11-19(21)4)25(29)16-14-20-13-15-23(31-7-2)24(17-20)32-8-3/h9-13,15,17,22H,6-8,14,16,18H2,1-5H3,(H,27,30). The Labute approximate surface area is 191 Å². The fourth-order valence-corrected chi connectivity index (χ4v) is 3.70. The minimum atomic E-state index is -0.508. The summed E-state index contributed by atoms with van der Waals surface area (Å²) in [6.07, 6.45) is 1.41. The molecule has 0 heterocycles. The number of nitrogens with zero attached hydrogens (tertiary/aromatic N) is 1. The third kappa shape index (κ3) is 6.74. The van der Waals surface area contributed by atoms with Gasteiger partial charge in [0.15, 0.2) is 11.5 Å². The molecule has 6 nitrogen and oxygen atoms in total. The van der Waals surface area contributed by atoms with Gasteiger partial charge in [0.1, 0.15) is 6.04 Å². The Hall–Kier alpha value is -3.02. The molecule has 174 valence electrons. The molecule has 2 aromatic rings. The zero-order valence-electron chi connectivity index (χ0n) is 19.9. The maximum atomic E-state index is 13.3. The molecular formula is C26H36N2O4. The maximum Gasteiger partial charge on any atom is 0.242 e. The molecule has 0 bridgehead atoms. The van der Waals surface area contributed by atoms with E-state index in [2.05, 4.69) is 5.32 Å². The van der Waals surface area contributed by atoms with Gasteiger partial charge < -0.3 is 19.7 Å². The number of carbonyl (C=O) groups excluding carboxylic acids is 2. The lowest BCUT2D eigenvalue weighted by molar-refractivity contribution is -0.141. The summed E-state index contributed by atoms with van der Waals surface area (Å²) in [7, 11) is 1.61. The molecule has 6 heteroatoms. The lowest BCUT2D eigenvalue weighted by atomic mass is 10.0. The van der Waals surface area contributed by atoms with Crippen LogP contribution in [-0.2, 0) is 22.6 Å². The van der Waals surface area contributed by atoms with Crippen molar-refractivity contribution in [2.75, 3.05) is 20.3 Å². The number of benzene rings is 2. The van der Waals surface area contributed by atoms with Gasteiger partial charge in [-0.25, -0.2) is 0 Å². The zero-order chi connectivity index (χ0) is 23.5. The Morgan fingerprint density at radius 1 is 1.00 bits per heavy atom.